The van der Waals surface area contributed by atoms with Gasteiger partial charge < -0.3 is 14.6 Å². The monoisotopic (exact) mass is 272 g/mol. The van der Waals surface area contributed by atoms with E-state index in [0.29, 0.717) is 11.8 Å². The molecular weight excluding hydrogens is 252 g/mol. The van der Waals surface area contributed by atoms with Crippen LogP contribution in [-0.2, 0) is 0 Å². The molecule has 0 aromatic carbocycles. The number of carbonyl (C=O) groups excluding carboxylic acids is 1. The number of hydrogen-bond donors (Lipinski definition) is 1. The molecule has 1 aromatic heterocycles. The molecule has 1 fully saturated rings. The van der Waals surface area contributed by atoms with Gasteiger partial charge in [0.1, 0.15) is 5.76 Å². The van der Waals surface area contributed by atoms with Crippen molar-refractivity contribution in [2.75, 3.05) is 19.6 Å². The molecule has 102 valence electrons. The zero-order valence-corrected chi connectivity index (χ0v) is 11.8. The standard InChI is InChI=1S/C13H20N2O2.ClH/c1-3-8-15(11-6-7-14-9-11)13(16)12-5-4-10(2)17-12;/h4-5,11,14H,3,6-9H2,1-2H3;1H. The maximum absolute atomic E-state index is 12.3. The second kappa shape index (κ2) is 6.81. The fraction of sp³-hybridized carbons (Fsp3) is 0.615. The average Bonchev–Trinajstić information content (AvgIpc) is 2.95. The highest BCUT2D eigenvalue weighted by Gasteiger charge is 2.28. The average molecular weight is 273 g/mol. The first-order valence-electron chi connectivity index (χ1n) is 6.30. The quantitative estimate of drug-likeness (QED) is 0.914. The van der Waals surface area contributed by atoms with Crippen LogP contribution >= 0.6 is 12.4 Å². The Morgan fingerprint density at radius 3 is 2.83 bits per heavy atom. The largest absolute Gasteiger partial charge is 0.456 e. The van der Waals surface area contributed by atoms with Crippen molar-refractivity contribution in [3.63, 3.8) is 0 Å². The van der Waals surface area contributed by atoms with Crippen LogP contribution < -0.4 is 5.32 Å². The van der Waals surface area contributed by atoms with Gasteiger partial charge in [-0.15, -0.1) is 12.4 Å². The van der Waals surface area contributed by atoms with E-state index in [1.807, 2.05) is 17.9 Å². The molecule has 1 N–H and O–H groups in total. The maximum Gasteiger partial charge on any atom is 0.289 e. The second-order valence-electron chi connectivity index (χ2n) is 4.56. The van der Waals surface area contributed by atoms with Gasteiger partial charge in [0.15, 0.2) is 5.76 Å². The van der Waals surface area contributed by atoms with E-state index in [2.05, 4.69) is 12.2 Å². The summed E-state index contributed by atoms with van der Waals surface area (Å²) in [5.74, 6) is 1.27. The number of carbonyl (C=O) groups is 1. The molecule has 0 radical (unpaired) electrons. The number of nitrogens with zero attached hydrogens (tertiary/aromatic N) is 1. The molecule has 5 heteroatoms. The van der Waals surface area contributed by atoms with Crippen molar-refractivity contribution in [3.8, 4) is 0 Å². The number of halogens is 1. The van der Waals surface area contributed by atoms with Crippen molar-refractivity contribution in [1.82, 2.24) is 10.2 Å². The lowest BCUT2D eigenvalue weighted by molar-refractivity contribution is 0.0658. The Labute approximate surface area is 114 Å². The highest BCUT2D eigenvalue weighted by atomic mass is 35.5. The summed E-state index contributed by atoms with van der Waals surface area (Å²) in [4.78, 5) is 14.3. The van der Waals surface area contributed by atoms with Crippen LogP contribution in [0.5, 0.6) is 0 Å². The highest BCUT2D eigenvalue weighted by molar-refractivity contribution is 5.91. The van der Waals surface area contributed by atoms with E-state index < -0.39 is 0 Å². The van der Waals surface area contributed by atoms with Crippen molar-refractivity contribution in [2.24, 2.45) is 0 Å². The van der Waals surface area contributed by atoms with Crippen molar-refractivity contribution >= 4 is 18.3 Å². The summed E-state index contributed by atoms with van der Waals surface area (Å²) in [7, 11) is 0. The summed E-state index contributed by atoms with van der Waals surface area (Å²) in [6.45, 7) is 6.64. The summed E-state index contributed by atoms with van der Waals surface area (Å²) in [5.41, 5.74) is 0. The van der Waals surface area contributed by atoms with Gasteiger partial charge in [-0.2, -0.15) is 0 Å². The molecule has 0 aliphatic carbocycles. The Hall–Kier alpha value is -1.00. The van der Waals surface area contributed by atoms with E-state index >= 15 is 0 Å². The number of rotatable bonds is 4. The molecule has 2 heterocycles. The second-order valence-corrected chi connectivity index (χ2v) is 4.56. The minimum absolute atomic E-state index is 0. The lowest BCUT2D eigenvalue weighted by Crippen LogP contribution is -2.41. The fourth-order valence-electron chi connectivity index (χ4n) is 2.29. The van der Waals surface area contributed by atoms with Crippen molar-refractivity contribution in [2.45, 2.75) is 32.7 Å². The van der Waals surface area contributed by atoms with E-state index in [1.165, 1.54) is 0 Å². The minimum atomic E-state index is 0. The molecule has 1 amide bonds. The highest BCUT2D eigenvalue weighted by Crippen LogP contribution is 2.15. The fourth-order valence-corrected chi connectivity index (χ4v) is 2.29. The van der Waals surface area contributed by atoms with Crippen LogP contribution in [0.3, 0.4) is 0 Å². The number of amides is 1. The first-order chi connectivity index (χ1) is 8.22. The lowest BCUT2D eigenvalue weighted by atomic mass is 10.2. The number of furan rings is 1. The normalized spacial score (nSPS) is 18.4. The van der Waals surface area contributed by atoms with E-state index in [0.717, 1.165) is 38.2 Å². The molecule has 0 bridgehead atoms. The van der Waals surface area contributed by atoms with Crippen LogP contribution in [0.25, 0.3) is 0 Å². The molecule has 1 aliphatic heterocycles. The van der Waals surface area contributed by atoms with Crippen molar-refractivity contribution < 1.29 is 9.21 Å². The first kappa shape index (κ1) is 15.1. The van der Waals surface area contributed by atoms with E-state index in [9.17, 15) is 4.79 Å². The minimum Gasteiger partial charge on any atom is -0.456 e. The van der Waals surface area contributed by atoms with Gasteiger partial charge in [-0.05, 0) is 38.4 Å². The molecule has 1 atom stereocenters. The van der Waals surface area contributed by atoms with Crippen molar-refractivity contribution in [3.05, 3.63) is 23.7 Å². The predicted octanol–water partition coefficient (Wildman–Crippen LogP) is 2.22. The molecular formula is C13H21ClN2O2. The van der Waals surface area contributed by atoms with Gasteiger partial charge in [0.2, 0.25) is 0 Å². The van der Waals surface area contributed by atoms with Gasteiger partial charge in [0, 0.05) is 19.1 Å². The Morgan fingerprint density at radius 2 is 2.33 bits per heavy atom. The Balaban J connectivity index is 0.00000162. The molecule has 0 saturated carbocycles. The number of hydrogen-bond acceptors (Lipinski definition) is 3. The van der Waals surface area contributed by atoms with Crippen LogP contribution in [0.4, 0.5) is 0 Å². The number of aryl methyl sites for hydroxylation is 1. The molecule has 2 rings (SSSR count). The summed E-state index contributed by atoms with van der Waals surface area (Å²) in [6, 6.07) is 3.92. The third-order valence-corrected chi connectivity index (χ3v) is 3.15. The zero-order chi connectivity index (χ0) is 12.3. The lowest BCUT2D eigenvalue weighted by Gasteiger charge is -2.27. The molecule has 18 heavy (non-hydrogen) atoms. The molecule has 1 aromatic rings. The summed E-state index contributed by atoms with van der Waals surface area (Å²) < 4.78 is 5.42. The predicted molar refractivity (Wildman–Crippen MR) is 73.3 cm³/mol. The Kier molecular flexibility index (Phi) is 5.69. The summed E-state index contributed by atoms with van der Waals surface area (Å²) >= 11 is 0. The molecule has 1 aliphatic rings. The van der Waals surface area contributed by atoms with Gasteiger partial charge in [-0.25, -0.2) is 0 Å². The van der Waals surface area contributed by atoms with Gasteiger partial charge in [0.25, 0.3) is 5.91 Å². The molecule has 1 unspecified atom stereocenters. The first-order valence-corrected chi connectivity index (χ1v) is 6.30. The summed E-state index contributed by atoms with van der Waals surface area (Å²) in [5, 5.41) is 3.30. The van der Waals surface area contributed by atoms with Gasteiger partial charge in [0.05, 0.1) is 0 Å². The SMILES string of the molecule is CCCN(C(=O)c1ccc(C)o1)C1CCNC1.Cl. The number of nitrogens with one attached hydrogen (secondary N) is 1. The van der Waals surface area contributed by atoms with Crippen LogP contribution in [-0.4, -0.2) is 36.5 Å². The topological polar surface area (TPSA) is 45.5 Å². The van der Waals surface area contributed by atoms with Crippen LogP contribution in [0.2, 0.25) is 0 Å². The maximum atomic E-state index is 12.3. The molecule has 4 nitrogen and oxygen atoms in total. The van der Waals surface area contributed by atoms with E-state index in [4.69, 9.17) is 4.42 Å². The van der Waals surface area contributed by atoms with Gasteiger partial charge >= 0.3 is 0 Å². The Bertz CT molecular complexity index is 386. The Morgan fingerprint density at radius 1 is 1.56 bits per heavy atom. The van der Waals surface area contributed by atoms with Crippen LogP contribution in [0.1, 0.15) is 36.1 Å². The van der Waals surface area contributed by atoms with Crippen LogP contribution in [0, 0.1) is 6.92 Å². The van der Waals surface area contributed by atoms with Crippen LogP contribution in [0.15, 0.2) is 16.5 Å². The van der Waals surface area contributed by atoms with E-state index in [-0.39, 0.29) is 18.3 Å². The van der Waals surface area contributed by atoms with E-state index in [1.54, 1.807) is 6.07 Å². The van der Waals surface area contributed by atoms with Gasteiger partial charge in [-0.1, -0.05) is 6.92 Å². The molecule has 0 spiro atoms. The smallest absolute Gasteiger partial charge is 0.289 e. The summed E-state index contributed by atoms with van der Waals surface area (Å²) in [6.07, 6.45) is 2.01. The third kappa shape index (κ3) is 3.27. The van der Waals surface area contributed by atoms with Crippen molar-refractivity contribution in [1.29, 1.82) is 0 Å². The zero-order valence-electron chi connectivity index (χ0n) is 10.9. The molecule has 1 saturated heterocycles. The van der Waals surface area contributed by atoms with Gasteiger partial charge in [-0.3, -0.25) is 4.79 Å². The third-order valence-electron chi connectivity index (χ3n) is 3.15.